The van der Waals surface area contributed by atoms with E-state index in [-0.39, 0.29) is 0 Å². The van der Waals surface area contributed by atoms with Crippen LogP contribution in [0.3, 0.4) is 0 Å². The third kappa shape index (κ3) is 3.08. The number of thiocarbonyl (C=S) groups is 1. The Morgan fingerprint density at radius 1 is 1.00 bits per heavy atom. The fraction of sp³-hybridized carbons (Fsp3) is 0.312. The summed E-state index contributed by atoms with van der Waals surface area (Å²) in [4.78, 5) is 5.53. The van der Waals surface area contributed by atoms with Crippen molar-refractivity contribution in [3.63, 3.8) is 0 Å². The first-order chi connectivity index (χ1) is 9.83. The Bertz CT molecular complexity index is 545. The molecule has 0 spiro atoms. The predicted molar refractivity (Wildman–Crippen MR) is 83.7 cm³/mol. The van der Waals surface area contributed by atoms with E-state index < -0.39 is 0 Å². The van der Waals surface area contributed by atoms with Gasteiger partial charge in [0.25, 0.3) is 0 Å². The van der Waals surface area contributed by atoms with Crippen LogP contribution in [0.5, 0.6) is 0 Å². The zero-order chi connectivity index (χ0) is 13.8. The molecule has 1 aromatic carbocycles. The van der Waals surface area contributed by atoms with Gasteiger partial charge in [0.2, 0.25) is 0 Å². The summed E-state index contributed by atoms with van der Waals surface area (Å²) in [5, 5.41) is 0. The zero-order valence-corrected chi connectivity index (χ0v) is 12.2. The molecule has 1 aliphatic rings. The number of piperazine rings is 1. The Hall–Kier alpha value is -1.65. The van der Waals surface area contributed by atoms with Crippen LogP contribution in [0.25, 0.3) is 0 Å². The van der Waals surface area contributed by atoms with Gasteiger partial charge in [-0.1, -0.05) is 42.5 Å². The quantitative estimate of drug-likeness (QED) is 0.808. The third-order valence-electron chi connectivity index (χ3n) is 3.64. The Morgan fingerprint density at radius 2 is 1.75 bits per heavy atom. The summed E-state index contributed by atoms with van der Waals surface area (Å²) >= 11 is 5.48. The molecule has 0 unspecified atom stereocenters. The highest BCUT2D eigenvalue weighted by atomic mass is 32.1. The molecule has 1 saturated heterocycles. The average molecular weight is 286 g/mol. The van der Waals surface area contributed by atoms with Gasteiger partial charge in [-0.2, -0.15) is 0 Å². The minimum absolute atomic E-state index is 0.802. The van der Waals surface area contributed by atoms with Gasteiger partial charge in [-0.3, -0.25) is 4.90 Å². The summed E-state index contributed by atoms with van der Waals surface area (Å²) in [6.07, 6.45) is 1.67. The van der Waals surface area contributed by atoms with Crippen molar-refractivity contribution in [1.82, 2.24) is 9.80 Å². The first-order valence-electron chi connectivity index (χ1n) is 6.92. The minimum Gasteiger partial charge on any atom is -0.462 e. The molecule has 2 aromatic rings. The lowest BCUT2D eigenvalue weighted by Gasteiger charge is -2.35. The van der Waals surface area contributed by atoms with Crippen molar-refractivity contribution in [3.05, 3.63) is 60.1 Å². The fourth-order valence-corrected chi connectivity index (χ4v) is 2.81. The first kappa shape index (κ1) is 13.3. The van der Waals surface area contributed by atoms with Crippen LogP contribution in [0.15, 0.2) is 53.1 Å². The van der Waals surface area contributed by atoms with Crippen LogP contribution in [-0.4, -0.2) is 41.0 Å². The van der Waals surface area contributed by atoms with Crippen LogP contribution in [0.2, 0.25) is 0 Å². The van der Waals surface area contributed by atoms with Crippen molar-refractivity contribution in [2.45, 2.75) is 6.54 Å². The molecule has 4 heteroatoms. The molecule has 1 aromatic heterocycles. The second kappa shape index (κ2) is 6.20. The summed E-state index contributed by atoms with van der Waals surface area (Å²) in [5.41, 5.74) is 1.37. The van der Waals surface area contributed by atoms with Crippen molar-refractivity contribution >= 4 is 17.2 Å². The smallest absolute Gasteiger partial charge is 0.161 e. The maximum Gasteiger partial charge on any atom is 0.161 e. The summed E-state index contributed by atoms with van der Waals surface area (Å²) in [7, 11) is 0. The lowest BCUT2D eigenvalue weighted by molar-refractivity contribution is 0.176. The van der Waals surface area contributed by atoms with E-state index in [4.69, 9.17) is 16.6 Å². The lowest BCUT2D eigenvalue weighted by Crippen LogP contribution is -2.47. The van der Waals surface area contributed by atoms with Crippen molar-refractivity contribution in [2.75, 3.05) is 26.2 Å². The standard InChI is InChI=1S/C16H18N2OS/c20-16(15-7-4-12-19-15)18-10-8-17(9-11-18)13-14-5-2-1-3-6-14/h1-7,12H,8-11,13H2. The molecule has 3 nitrogen and oxygen atoms in total. The van der Waals surface area contributed by atoms with E-state index in [1.54, 1.807) is 6.26 Å². The normalized spacial score (nSPS) is 16.3. The highest BCUT2D eigenvalue weighted by molar-refractivity contribution is 7.80. The van der Waals surface area contributed by atoms with E-state index in [1.165, 1.54) is 5.56 Å². The first-order valence-corrected chi connectivity index (χ1v) is 7.33. The van der Waals surface area contributed by atoms with E-state index >= 15 is 0 Å². The number of benzene rings is 1. The molecule has 0 saturated carbocycles. The Balaban J connectivity index is 1.53. The molecule has 1 aliphatic heterocycles. The predicted octanol–water partition coefficient (Wildman–Crippen LogP) is 2.77. The molecule has 0 bridgehead atoms. The van der Waals surface area contributed by atoms with E-state index in [9.17, 15) is 0 Å². The molecule has 3 rings (SSSR count). The van der Waals surface area contributed by atoms with E-state index in [0.29, 0.717) is 0 Å². The highest BCUT2D eigenvalue weighted by Crippen LogP contribution is 2.12. The number of hydrogen-bond acceptors (Lipinski definition) is 3. The number of rotatable bonds is 3. The Labute approximate surface area is 124 Å². The van der Waals surface area contributed by atoms with Gasteiger partial charge >= 0.3 is 0 Å². The molecule has 1 fully saturated rings. The lowest BCUT2D eigenvalue weighted by atomic mass is 10.2. The molecule has 0 aliphatic carbocycles. The average Bonchev–Trinajstić information content (AvgIpc) is 3.03. The van der Waals surface area contributed by atoms with Gasteiger partial charge in [0.1, 0.15) is 4.99 Å². The Kier molecular flexibility index (Phi) is 4.14. The largest absolute Gasteiger partial charge is 0.462 e. The third-order valence-corrected chi connectivity index (χ3v) is 4.10. The van der Waals surface area contributed by atoms with Crippen molar-refractivity contribution in [2.24, 2.45) is 0 Å². The second-order valence-corrected chi connectivity index (χ2v) is 5.42. The van der Waals surface area contributed by atoms with Gasteiger partial charge in [0.05, 0.1) is 6.26 Å². The number of hydrogen-bond donors (Lipinski definition) is 0. The topological polar surface area (TPSA) is 19.6 Å². The van der Waals surface area contributed by atoms with Crippen molar-refractivity contribution < 1.29 is 4.42 Å². The maximum absolute atomic E-state index is 5.48. The van der Waals surface area contributed by atoms with Crippen molar-refractivity contribution in [3.8, 4) is 0 Å². The highest BCUT2D eigenvalue weighted by Gasteiger charge is 2.20. The summed E-state index contributed by atoms with van der Waals surface area (Å²) in [5.74, 6) is 0.802. The molecule has 0 radical (unpaired) electrons. The zero-order valence-electron chi connectivity index (χ0n) is 11.4. The van der Waals surface area contributed by atoms with E-state index in [2.05, 4.69) is 40.1 Å². The van der Waals surface area contributed by atoms with Crippen molar-refractivity contribution in [1.29, 1.82) is 0 Å². The minimum atomic E-state index is 0.802. The summed E-state index contributed by atoms with van der Waals surface area (Å²) in [6, 6.07) is 14.4. The molecule has 104 valence electrons. The van der Waals surface area contributed by atoms with Gasteiger partial charge < -0.3 is 9.32 Å². The molecule has 0 amide bonds. The number of nitrogens with zero attached hydrogens (tertiary/aromatic N) is 2. The van der Waals surface area contributed by atoms with Crippen LogP contribution in [-0.2, 0) is 6.54 Å². The van der Waals surface area contributed by atoms with Gasteiger partial charge in [0.15, 0.2) is 5.76 Å². The summed E-state index contributed by atoms with van der Waals surface area (Å²) < 4.78 is 5.37. The van der Waals surface area contributed by atoms with E-state index in [1.807, 2.05) is 12.1 Å². The van der Waals surface area contributed by atoms with Crippen LogP contribution in [0.1, 0.15) is 11.3 Å². The molecule has 2 heterocycles. The summed E-state index contributed by atoms with van der Waals surface area (Å²) in [6.45, 7) is 5.02. The van der Waals surface area contributed by atoms with Gasteiger partial charge in [-0.25, -0.2) is 0 Å². The molecule has 0 atom stereocenters. The maximum atomic E-state index is 5.48. The van der Waals surface area contributed by atoms with Gasteiger partial charge in [0, 0.05) is 32.7 Å². The van der Waals surface area contributed by atoms with Crippen LogP contribution >= 0.6 is 12.2 Å². The van der Waals surface area contributed by atoms with Gasteiger partial charge in [-0.05, 0) is 17.7 Å². The second-order valence-electron chi connectivity index (χ2n) is 5.03. The van der Waals surface area contributed by atoms with Crippen LogP contribution in [0.4, 0.5) is 0 Å². The number of furan rings is 1. The fourth-order valence-electron chi connectivity index (χ4n) is 2.51. The Morgan fingerprint density at radius 3 is 2.40 bits per heavy atom. The SMILES string of the molecule is S=C(c1ccco1)N1CCN(Cc2ccccc2)CC1. The molecular formula is C16H18N2OS. The van der Waals surface area contributed by atoms with Crippen LogP contribution in [0, 0.1) is 0 Å². The van der Waals surface area contributed by atoms with E-state index in [0.717, 1.165) is 43.5 Å². The van der Waals surface area contributed by atoms with Crippen LogP contribution < -0.4 is 0 Å². The van der Waals surface area contributed by atoms with Gasteiger partial charge in [-0.15, -0.1) is 0 Å². The molecule has 0 N–H and O–H groups in total. The molecular weight excluding hydrogens is 268 g/mol. The monoisotopic (exact) mass is 286 g/mol. The molecule has 20 heavy (non-hydrogen) atoms.